The zero-order valence-electron chi connectivity index (χ0n) is 12.5. The summed E-state index contributed by atoms with van der Waals surface area (Å²) in [6, 6.07) is 10.2. The smallest absolute Gasteiger partial charge is 0.215 e. The second-order valence-corrected chi connectivity index (χ2v) is 6.17. The van der Waals surface area contributed by atoms with Crippen LogP contribution in [0.3, 0.4) is 0 Å². The highest BCUT2D eigenvalue weighted by Crippen LogP contribution is 2.35. The number of hydrogen-bond acceptors (Lipinski definition) is 4. The Balaban J connectivity index is 2.01. The number of hydrogen-bond donors (Lipinski definition) is 2. The van der Waals surface area contributed by atoms with Gasteiger partial charge in [0.25, 0.3) is 0 Å². The summed E-state index contributed by atoms with van der Waals surface area (Å²) in [4.78, 5) is 4.04. The number of anilines is 3. The van der Waals surface area contributed by atoms with Crippen molar-refractivity contribution in [2.24, 2.45) is 0 Å². The molecule has 3 N–H and O–H groups in total. The first-order chi connectivity index (χ1) is 9.95. The Morgan fingerprint density at radius 3 is 2.76 bits per heavy atom. The van der Waals surface area contributed by atoms with Crippen LogP contribution >= 0.6 is 0 Å². The van der Waals surface area contributed by atoms with Crippen molar-refractivity contribution in [3.8, 4) is 0 Å². The van der Waals surface area contributed by atoms with Gasteiger partial charge in [0.05, 0.1) is 6.20 Å². The van der Waals surface area contributed by atoms with Crippen LogP contribution in [0.15, 0.2) is 47.1 Å². The van der Waals surface area contributed by atoms with E-state index in [2.05, 4.69) is 43.2 Å². The summed E-state index contributed by atoms with van der Waals surface area (Å²) >= 11 is 0. The predicted molar refractivity (Wildman–Crippen MR) is 86.8 cm³/mol. The Labute approximate surface area is 124 Å². The van der Waals surface area contributed by atoms with Crippen molar-refractivity contribution >= 4 is 28.2 Å². The number of furan rings is 1. The highest BCUT2D eigenvalue weighted by atomic mass is 16.3. The fourth-order valence-corrected chi connectivity index (χ4v) is 2.31. The van der Waals surface area contributed by atoms with Gasteiger partial charge < -0.3 is 15.5 Å². The number of nitrogens with one attached hydrogen (secondary N) is 1. The second-order valence-electron chi connectivity index (χ2n) is 6.17. The molecule has 0 amide bonds. The first-order valence-corrected chi connectivity index (χ1v) is 6.95. The van der Waals surface area contributed by atoms with E-state index in [1.165, 1.54) is 5.56 Å². The molecule has 108 valence electrons. The van der Waals surface area contributed by atoms with Gasteiger partial charge in [-0.1, -0.05) is 32.9 Å². The lowest BCUT2D eigenvalue weighted by molar-refractivity contribution is 0.590. The molecule has 0 fully saturated rings. The molecule has 0 atom stereocenters. The van der Waals surface area contributed by atoms with Gasteiger partial charge in [0.2, 0.25) is 5.88 Å². The molecule has 0 aliphatic rings. The molecule has 4 heteroatoms. The number of fused-ring (bicyclic) bond motifs is 1. The van der Waals surface area contributed by atoms with Gasteiger partial charge in [0, 0.05) is 17.3 Å². The van der Waals surface area contributed by atoms with Gasteiger partial charge in [-0.25, -0.2) is 0 Å². The first kappa shape index (κ1) is 13.5. The molecule has 0 spiro atoms. The van der Waals surface area contributed by atoms with Gasteiger partial charge in [0.15, 0.2) is 5.58 Å². The minimum atomic E-state index is 0.103. The molecule has 0 aliphatic carbocycles. The number of rotatable bonds is 2. The number of nitrogens with two attached hydrogens (primary N) is 1. The number of aromatic nitrogens is 1. The molecule has 2 aromatic heterocycles. The van der Waals surface area contributed by atoms with Gasteiger partial charge in [0.1, 0.15) is 5.69 Å². The number of benzene rings is 1. The van der Waals surface area contributed by atoms with Crippen LogP contribution < -0.4 is 11.1 Å². The normalized spacial score (nSPS) is 11.8. The fraction of sp³-hybridized carbons (Fsp3) is 0.235. The maximum Gasteiger partial charge on any atom is 0.215 e. The summed E-state index contributed by atoms with van der Waals surface area (Å²) in [6.07, 6.45) is 3.40. The van der Waals surface area contributed by atoms with E-state index >= 15 is 0 Å². The molecule has 3 aromatic rings. The number of nitrogens with zero attached hydrogens (tertiary/aromatic N) is 1. The van der Waals surface area contributed by atoms with Gasteiger partial charge in [-0.05, 0) is 29.2 Å². The maximum atomic E-state index is 5.97. The van der Waals surface area contributed by atoms with Crippen LogP contribution in [0, 0.1) is 0 Å². The first-order valence-electron chi connectivity index (χ1n) is 6.95. The van der Waals surface area contributed by atoms with E-state index in [0.717, 1.165) is 16.8 Å². The predicted octanol–water partition coefficient (Wildman–Crippen LogP) is 4.45. The SMILES string of the molecule is CC(C)(C)c1cccc(Nc2c(N)oc3cnccc23)c1. The van der Waals surface area contributed by atoms with Crippen molar-refractivity contribution in [1.82, 2.24) is 4.98 Å². The van der Waals surface area contributed by atoms with Crippen LogP contribution in [0.2, 0.25) is 0 Å². The van der Waals surface area contributed by atoms with Gasteiger partial charge in [-0.3, -0.25) is 4.98 Å². The van der Waals surface area contributed by atoms with Crippen molar-refractivity contribution in [2.45, 2.75) is 26.2 Å². The summed E-state index contributed by atoms with van der Waals surface area (Å²) < 4.78 is 5.52. The molecule has 0 saturated heterocycles. The standard InChI is InChI=1S/C17H19N3O/c1-17(2,3)11-5-4-6-12(9-11)20-15-13-7-8-19-10-14(13)21-16(15)18/h4-10,20H,18H2,1-3H3. The lowest BCUT2D eigenvalue weighted by atomic mass is 9.87. The summed E-state index contributed by atoms with van der Waals surface area (Å²) in [6.45, 7) is 6.58. The molecule has 2 heterocycles. The molecule has 21 heavy (non-hydrogen) atoms. The third-order valence-electron chi connectivity index (χ3n) is 3.52. The topological polar surface area (TPSA) is 64.1 Å². The Morgan fingerprint density at radius 1 is 1.19 bits per heavy atom. The Morgan fingerprint density at radius 2 is 2.00 bits per heavy atom. The number of nitrogen functional groups attached to an aromatic ring is 1. The molecule has 4 nitrogen and oxygen atoms in total. The lowest BCUT2D eigenvalue weighted by Crippen LogP contribution is -2.11. The zero-order valence-corrected chi connectivity index (χ0v) is 12.5. The monoisotopic (exact) mass is 281 g/mol. The minimum absolute atomic E-state index is 0.103. The molecular weight excluding hydrogens is 262 g/mol. The van der Waals surface area contributed by atoms with Crippen LogP contribution in [0.25, 0.3) is 11.0 Å². The Kier molecular flexibility index (Phi) is 3.09. The molecule has 3 rings (SSSR count). The van der Waals surface area contributed by atoms with E-state index in [1.807, 2.05) is 18.2 Å². The van der Waals surface area contributed by atoms with E-state index in [4.69, 9.17) is 10.2 Å². The largest absolute Gasteiger partial charge is 0.437 e. The van der Waals surface area contributed by atoms with Crippen LogP contribution in [-0.2, 0) is 5.41 Å². The maximum absolute atomic E-state index is 5.97. The zero-order chi connectivity index (χ0) is 15.0. The molecule has 0 unspecified atom stereocenters. The van der Waals surface area contributed by atoms with Gasteiger partial charge >= 0.3 is 0 Å². The van der Waals surface area contributed by atoms with E-state index in [0.29, 0.717) is 11.5 Å². The third-order valence-corrected chi connectivity index (χ3v) is 3.52. The summed E-state index contributed by atoms with van der Waals surface area (Å²) in [5.41, 5.74) is 9.80. The molecule has 1 aromatic carbocycles. The van der Waals surface area contributed by atoms with Crippen molar-refractivity contribution < 1.29 is 4.42 Å². The summed E-state index contributed by atoms with van der Waals surface area (Å²) in [7, 11) is 0. The highest BCUT2D eigenvalue weighted by molar-refractivity contribution is 5.97. The van der Waals surface area contributed by atoms with E-state index in [1.54, 1.807) is 12.4 Å². The minimum Gasteiger partial charge on any atom is -0.437 e. The summed E-state index contributed by atoms with van der Waals surface area (Å²) in [5, 5.41) is 4.30. The molecule has 0 aliphatic heterocycles. The second kappa shape index (κ2) is 4.81. The molecule has 0 saturated carbocycles. The van der Waals surface area contributed by atoms with Crippen molar-refractivity contribution in [2.75, 3.05) is 11.1 Å². The van der Waals surface area contributed by atoms with E-state index < -0.39 is 0 Å². The van der Waals surface area contributed by atoms with E-state index in [-0.39, 0.29) is 5.41 Å². The van der Waals surface area contributed by atoms with Crippen LogP contribution in [0.1, 0.15) is 26.3 Å². The average molecular weight is 281 g/mol. The molecule has 0 bridgehead atoms. The van der Waals surface area contributed by atoms with Gasteiger partial charge in [-0.15, -0.1) is 0 Å². The Bertz CT molecular complexity index is 784. The van der Waals surface area contributed by atoms with Crippen molar-refractivity contribution in [1.29, 1.82) is 0 Å². The molecule has 0 radical (unpaired) electrons. The summed E-state index contributed by atoms with van der Waals surface area (Å²) in [5.74, 6) is 0.374. The molecular formula is C17H19N3O. The fourth-order valence-electron chi connectivity index (χ4n) is 2.31. The number of pyridine rings is 1. The van der Waals surface area contributed by atoms with Crippen molar-refractivity contribution in [3.63, 3.8) is 0 Å². The average Bonchev–Trinajstić information content (AvgIpc) is 2.75. The van der Waals surface area contributed by atoms with Crippen LogP contribution in [0.4, 0.5) is 17.3 Å². The highest BCUT2D eigenvalue weighted by Gasteiger charge is 2.15. The quantitative estimate of drug-likeness (QED) is 0.728. The Hall–Kier alpha value is -2.49. The van der Waals surface area contributed by atoms with E-state index in [9.17, 15) is 0 Å². The van der Waals surface area contributed by atoms with Crippen LogP contribution in [0.5, 0.6) is 0 Å². The lowest BCUT2D eigenvalue weighted by Gasteiger charge is -2.20. The third kappa shape index (κ3) is 2.57. The van der Waals surface area contributed by atoms with Crippen molar-refractivity contribution in [3.05, 3.63) is 48.3 Å². The van der Waals surface area contributed by atoms with Crippen LogP contribution in [-0.4, -0.2) is 4.98 Å². The van der Waals surface area contributed by atoms with Gasteiger partial charge in [-0.2, -0.15) is 0 Å².